The molecule has 0 fully saturated rings. The smallest absolute Gasteiger partial charge is 0.272 e. The van der Waals surface area contributed by atoms with Crippen LogP contribution in [-0.4, -0.2) is 23.8 Å². The maximum Gasteiger partial charge on any atom is 0.272 e. The normalized spacial score (nSPS) is 10.9. The van der Waals surface area contributed by atoms with Crippen LogP contribution in [0.4, 0.5) is 11.4 Å². The Bertz CT molecular complexity index is 1180. The molecule has 0 saturated heterocycles. The Morgan fingerprint density at radius 1 is 1.03 bits per heavy atom. The molecule has 8 nitrogen and oxygen atoms in total. The maximum atomic E-state index is 12.9. The van der Waals surface area contributed by atoms with Crippen molar-refractivity contribution in [3.63, 3.8) is 0 Å². The Balaban J connectivity index is 1.91. The quantitative estimate of drug-likeness (QED) is 0.308. The van der Waals surface area contributed by atoms with E-state index < -0.39 is 16.7 Å². The third kappa shape index (κ3) is 5.71. The van der Waals surface area contributed by atoms with E-state index in [-0.39, 0.29) is 22.0 Å². The molecule has 162 valence electrons. The first kappa shape index (κ1) is 22.5. The highest BCUT2D eigenvalue weighted by atomic mass is 35.5. The number of carbonyl (C=O) groups excluding carboxylic acids is 2. The van der Waals surface area contributed by atoms with E-state index in [4.69, 9.17) is 16.3 Å². The Morgan fingerprint density at radius 2 is 1.72 bits per heavy atom. The van der Waals surface area contributed by atoms with Crippen LogP contribution in [0.5, 0.6) is 5.75 Å². The van der Waals surface area contributed by atoms with Gasteiger partial charge in [0.05, 0.1) is 22.6 Å². The largest absolute Gasteiger partial charge is 0.497 e. The molecule has 32 heavy (non-hydrogen) atoms. The lowest BCUT2D eigenvalue weighted by atomic mass is 10.1. The number of para-hydroxylation sites is 1. The number of halogens is 1. The standard InChI is InChI=1S/C23H18ClN3O5/c1-32-18-11-12-19(20(24)14-18)22(28)26-21(23(29)25-16-5-3-2-4-6-16)13-15-7-9-17(10-8-15)27(30)31/h2-14H,1H3,(H,25,29)(H,26,28)/b21-13+. The summed E-state index contributed by atoms with van der Waals surface area (Å²) < 4.78 is 5.08. The van der Waals surface area contributed by atoms with Crippen LogP contribution in [0.3, 0.4) is 0 Å². The number of non-ortho nitro benzene ring substituents is 1. The second kappa shape index (κ2) is 10.2. The summed E-state index contributed by atoms with van der Waals surface area (Å²) in [5.41, 5.74) is 0.999. The molecule has 0 radical (unpaired) electrons. The van der Waals surface area contributed by atoms with Gasteiger partial charge in [-0.15, -0.1) is 0 Å². The number of benzene rings is 3. The van der Waals surface area contributed by atoms with E-state index in [9.17, 15) is 19.7 Å². The number of hydrogen-bond acceptors (Lipinski definition) is 5. The highest BCUT2D eigenvalue weighted by molar-refractivity contribution is 6.34. The van der Waals surface area contributed by atoms with Crippen LogP contribution in [0.25, 0.3) is 6.08 Å². The number of anilines is 1. The number of hydrogen-bond donors (Lipinski definition) is 2. The number of methoxy groups -OCH3 is 1. The number of rotatable bonds is 7. The molecule has 9 heteroatoms. The Hall–Kier alpha value is -4.17. The van der Waals surface area contributed by atoms with Gasteiger partial charge in [-0.1, -0.05) is 29.8 Å². The van der Waals surface area contributed by atoms with Crippen LogP contribution >= 0.6 is 11.6 Å². The fraction of sp³-hybridized carbons (Fsp3) is 0.0435. The van der Waals surface area contributed by atoms with Crippen molar-refractivity contribution in [3.05, 3.63) is 105 Å². The van der Waals surface area contributed by atoms with Crippen LogP contribution in [0, 0.1) is 10.1 Å². The topological polar surface area (TPSA) is 111 Å². The van der Waals surface area contributed by atoms with Gasteiger partial charge < -0.3 is 15.4 Å². The maximum absolute atomic E-state index is 12.9. The zero-order valence-corrected chi connectivity index (χ0v) is 17.6. The third-order valence-corrected chi connectivity index (χ3v) is 4.67. The average Bonchev–Trinajstić information content (AvgIpc) is 2.79. The average molecular weight is 452 g/mol. The molecule has 0 spiro atoms. The van der Waals surface area contributed by atoms with E-state index in [2.05, 4.69) is 10.6 Å². The number of ether oxygens (including phenoxy) is 1. The van der Waals surface area contributed by atoms with Gasteiger partial charge in [0.2, 0.25) is 0 Å². The van der Waals surface area contributed by atoms with E-state index in [1.165, 1.54) is 49.6 Å². The van der Waals surface area contributed by atoms with E-state index in [1.807, 2.05) is 0 Å². The molecule has 3 aromatic rings. The first-order valence-electron chi connectivity index (χ1n) is 9.35. The summed E-state index contributed by atoms with van der Waals surface area (Å²) in [4.78, 5) is 36.1. The van der Waals surface area contributed by atoms with Crippen molar-refractivity contribution in [1.29, 1.82) is 0 Å². The minimum absolute atomic E-state index is 0.0698. The van der Waals surface area contributed by atoms with Gasteiger partial charge in [0.25, 0.3) is 17.5 Å². The van der Waals surface area contributed by atoms with Crippen LogP contribution < -0.4 is 15.4 Å². The van der Waals surface area contributed by atoms with Gasteiger partial charge in [-0.3, -0.25) is 19.7 Å². The molecule has 0 aliphatic rings. The lowest BCUT2D eigenvalue weighted by Gasteiger charge is -2.12. The van der Waals surface area contributed by atoms with E-state index in [0.29, 0.717) is 17.0 Å². The van der Waals surface area contributed by atoms with E-state index >= 15 is 0 Å². The summed E-state index contributed by atoms with van der Waals surface area (Å²) in [6, 6.07) is 18.8. The molecule has 3 rings (SSSR count). The van der Waals surface area contributed by atoms with Crippen molar-refractivity contribution in [1.82, 2.24) is 5.32 Å². The second-order valence-corrected chi connectivity index (χ2v) is 6.93. The fourth-order valence-corrected chi connectivity index (χ4v) is 2.99. The summed E-state index contributed by atoms with van der Waals surface area (Å²) in [6.07, 6.45) is 1.41. The minimum Gasteiger partial charge on any atom is -0.497 e. The summed E-state index contributed by atoms with van der Waals surface area (Å²) in [7, 11) is 1.48. The van der Waals surface area contributed by atoms with Crippen LogP contribution in [-0.2, 0) is 4.79 Å². The number of nitrogens with one attached hydrogen (secondary N) is 2. The Labute approximate surface area is 188 Å². The van der Waals surface area contributed by atoms with Gasteiger partial charge in [-0.25, -0.2) is 0 Å². The van der Waals surface area contributed by atoms with Gasteiger partial charge in [-0.2, -0.15) is 0 Å². The first-order chi connectivity index (χ1) is 15.4. The van der Waals surface area contributed by atoms with Gasteiger partial charge in [0.1, 0.15) is 11.4 Å². The molecule has 3 aromatic carbocycles. The zero-order chi connectivity index (χ0) is 23.1. The van der Waals surface area contributed by atoms with Gasteiger partial charge in [-0.05, 0) is 54.1 Å². The summed E-state index contributed by atoms with van der Waals surface area (Å²) >= 11 is 6.18. The van der Waals surface area contributed by atoms with Crippen molar-refractivity contribution in [2.75, 3.05) is 12.4 Å². The molecular weight excluding hydrogens is 434 g/mol. The van der Waals surface area contributed by atoms with Crippen LogP contribution in [0.1, 0.15) is 15.9 Å². The highest BCUT2D eigenvalue weighted by Gasteiger charge is 2.18. The third-order valence-electron chi connectivity index (χ3n) is 4.36. The molecule has 0 unspecified atom stereocenters. The van der Waals surface area contributed by atoms with Crippen molar-refractivity contribution >= 4 is 40.9 Å². The van der Waals surface area contributed by atoms with Crippen molar-refractivity contribution in [2.24, 2.45) is 0 Å². The number of nitro benzene ring substituents is 1. The van der Waals surface area contributed by atoms with Crippen LogP contribution in [0.2, 0.25) is 5.02 Å². The minimum atomic E-state index is -0.603. The van der Waals surface area contributed by atoms with Crippen LogP contribution in [0.15, 0.2) is 78.5 Å². The fourth-order valence-electron chi connectivity index (χ4n) is 2.73. The molecule has 2 N–H and O–H groups in total. The molecular formula is C23H18ClN3O5. The summed E-state index contributed by atoms with van der Waals surface area (Å²) in [5, 5.41) is 16.3. The molecule has 2 amide bonds. The molecule has 0 heterocycles. The Kier molecular flexibility index (Phi) is 7.20. The number of nitrogens with zero attached hydrogens (tertiary/aromatic N) is 1. The van der Waals surface area contributed by atoms with E-state index in [0.717, 1.165) is 0 Å². The SMILES string of the molecule is COc1ccc(C(=O)N/C(=C/c2ccc([N+](=O)[O-])cc2)C(=O)Nc2ccccc2)c(Cl)c1. The first-order valence-corrected chi connectivity index (χ1v) is 9.72. The number of carbonyl (C=O) groups is 2. The van der Waals surface area contributed by atoms with Gasteiger partial charge in [0.15, 0.2) is 0 Å². The van der Waals surface area contributed by atoms with E-state index in [1.54, 1.807) is 36.4 Å². The summed E-state index contributed by atoms with van der Waals surface area (Å²) in [6.45, 7) is 0. The lowest BCUT2D eigenvalue weighted by Crippen LogP contribution is -2.31. The highest BCUT2D eigenvalue weighted by Crippen LogP contribution is 2.23. The second-order valence-electron chi connectivity index (χ2n) is 6.53. The predicted molar refractivity (Wildman–Crippen MR) is 122 cm³/mol. The van der Waals surface area contributed by atoms with Gasteiger partial charge in [0, 0.05) is 17.8 Å². The van der Waals surface area contributed by atoms with Crippen molar-refractivity contribution < 1.29 is 19.2 Å². The van der Waals surface area contributed by atoms with Crippen molar-refractivity contribution in [2.45, 2.75) is 0 Å². The lowest BCUT2D eigenvalue weighted by molar-refractivity contribution is -0.384. The number of nitro groups is 1. The van der Waals surface area contributed by atoms with Crippen molar-refractivity contribution in [3.8, 4) is 5.75 Å². The molecule has 0 aliphatic heterocycles. The molecule has 0 aliphatic carbocycles. The zero-order valence-electron chi connectivity index (χ0n) is 16.9. The molecule has 0 saturated carbocycles. The Morgan fingerprint density at radius 3 is 2.31 bits per heavy atom. The monoisotopic (exact) mass is 451 g/mol. The van der Waals surface area contributed by atoms with Gasteiger partial charge >= 0.3 is 0 Å². The molecule has 0 bridgehead atoms. The number of amides is 2. The predicted octanol–water partition coefficient (Wildman–Crippen LogP) is 4.67. The molecule has 0 atom stereocenters. The molecule has 0 aromatic heterocycles. The summed E-state index contributed by atoms with van der Waals surface area (Å²) in [5.74, 6) is -0.698.